The zero-order valence-electron chi connectivity index (χ0n) is 15.5. The number of likely N-dealkylation sites (N-methyl/N-ethyl adjacent to an activating group) is 1. The molecule has 3 rings (SSSR count). The first-order valence-corrected chi connectivity index (χ1v) is 9.18. The molecule has 144 valence electrons. The molecule has 1 aromatic carbocycles. The van der Waals surface area contributed by atoms with Crippen LogP contribution in [0.5, 0.6) is 5.75 Å². The number of rotatable bonds is 6. The lowest BCUT2D eigenvalue weighted by Gasteiger charge is -2.33. The van der Waals surface area contributed by atoms with Crippen LogP contribution in [-0.2, 0) is 16.1 Å². The third kappa shape index (κ3) is 5.30. The van der Waals surface area contributed by atoms with Gasteiger partial charge in [-0.3, -0.25) is 14.3 Å². The van der Waals surface area contributed by atoms with Gasteiger partial charge < -0.3 is 19.9 Å². The predicted molar refractivity (Wildman–Crippen MR) is 101 cm³/mol. The van der Waals surface area contributed by atoms with Gasteiger partial charge in [-0.2, -0.15) is 5.10 Å². The molecule has 2 amide bonds. The predicted octanol–water partition coefficient (Wildman–Crippen LogP) is 1.06. The number of aromatic nitrogens is 2. The Morgan fingerprint density at radius 3 is 2.70 bits per heavy atom. The molecule has 1 aliphatic rings. The summed E-state index contributed by atoms with van der Waals surface area (Å²) in [5.41, 5.74) is 0.539. The van der Waals surface area contributed by atoms with Gasteiger partial charge in [-0.25, -0.2) is 0 Å². The molecule has 0 radical (unpaired) electrons. The van der Waals surface area contributed by atoms with Crippen LogP contribution in [0.15, 0.2) is 42.7 Å². The van der Waals surface area contributed by atoms with E-state index in [1.165, 1.54) is 0 Å². The van der Waals surface area contributed by atoms with Crippen LogP contribution in [0.3, 0.4) is 0 Å². The van der Waals surface area contributed by atoms with Crippen molar-refractivity contribution in [3.63, 3.8) is 0 Å². The minimum atomic E-state index is -0.617. The van der Waals surface area contributed by atoms with E-state index in [0.717, 1.165) is 19.6 Å². The van der Waals surface area contributed by atoms with Crippen LogP contribution in [0.25, 0.3) is 0 Å². The summed E-state index contributed by atoms with van der Waals surface area (Å²) >= 11 is 0. The van der Waals surface area contributed by atoms with Crippen molar-refractivity contribution in [2.24, 2.45) is 0 Å². The van der Waals surface area contributed by atoms with Gasteiger partial charge in [0.2, 0.25) is 0 Å². The van der Waals surface area contributed by atoms with Crippen molar-refractivity contribution >= 4 is 17.5 Å². The highest BCUT2D eigenvalue weighted by atomic mass is 16.5. The van der Waals surface area contributed by atoms with Crippen LogP contribution in [0.2, 0.25) is 0 Å². The lowest BCUT2D eigenvalue weighted by Crippen LogP contribution is -2.51. The Morgan fingerprint density at radius 2 is 2.00 bits per heavy atom. The Morgan fingerprint density at radius 1 is 1.19 bits per heavy atom. The fourth-order valence-corrected chi connectivity index (χ4v) is 2.95. The molecule has 0 spiro atoms. The van der Waals surface area contributed by atoms with Crippen molar-refractivity contribution < 1.29 is 14.3 Å². The fraction of sp³-hybridized carbons (Fsp3) is 0.421. The van der Waals surface area contributed by atoms with Crippen molar-refractivity contribution in [1.82, 2.24) is 19.6 Å². The third-order valence-electron chi connectivity index (χ3n) is 4.54. The van der Waals surface area contributed by atoms with Crippen LogP contribution in [-0.4, -0.2) is 70.7 Å². The highest BCUT2D eigenvalue weighted by molar-refractivity contribution is 6.39. The Labute approximate surface area is 158 Å². The number of hydrogen-bond acceptors (Lipinski definition) is 5. The van der Waals surface area contributed by atoms with E-state index in [1.807, 2.05) is 18.3 Å². The molecule has 0 saturated carbocycles. The molecule has 1 saturated heterocycles. The van der Waals surface area contributed by atoms with E-state index in [4.69, 9.17) is 4.74 Å². The van der Waals surface area contributed by atoms with E-state index in [1.54, 1.807) is 34.0 Å². The standard InChI is InChI=1S/C19H25N5O3/c1-2-22-9-11-23(12-10-22)19(26)18(25)21-16-5-3-6-17(15-16)27-14-13-24-8-4-7-20-24/h3-8,15H,2,9-14H2,1H3,(H,21,25). The topological polar surface area (TPSA) is 79.7 Å². The summed E-state index contributed by atoms with van der Waals surface area (Å²) in [5, 5.41) is 6.78. The zero-order chi connectivity index (χ0) is 19.1. The first-order valence-electron chi connectivity index (χ1n) is 9.18. The van der Waals surface area contributed by atoms with Crippen LogP contribution in [0, 0.1) is 0 Å². The maximum Gasteiger partial charge on any atom is 0.313 e. The Bertz CT molecular complexity index is 754. The van der Waals surface area contributed by atoms with Crippen LogP contribution >= 0.6 is 0 Å². The number of nitrogens with one attached hydrogen (secondary N) is 1. The third-order valence-corrected chi connectivity index (χ3v) is 4.54. The van der Waals surface area contributed by atoms with E-state index in [0.29, 0.717) is 37.7 Å². The summed E-state index contributed by atoms with van der Waals surface area (Å²) in [6.07, 6.45) is 3.58. The first kappa shape index (κ1) is 18.9. The van der Waals surface area contributed by atoms with Gasteiger partial charge in [-0.15, -0.1) is 0 Å². The molecule has 0 unspecified atom stereocenters. The monoisotopic (exact) mass is 371 g/mol. The maximum atomic E-state index is 12.3. The second-order valence-electron chi connectivity index (χ2n) is 6.33. The molecule has 1 aromatic heterocycles. The second-order valence-corrected chi connectivity index (χ2v) is 6.33. The summed E-state index contributed by atoms with van der Waals surface area (Å²) in [4.78, 5) is 28.5. The lowest BCUT2D eigenvalue weighted by atomic mass is 10.2. The summed E-state index contributed by atoms with van der Waals surface area (Å²) in [7, 11) is 0. The van der Waals surface area contributed by atoms with Gasteiger partial charge in [0, 0.05) is 50.3 Å². The van der Waals surface area contributed by atoms with Gasteiger partial charge in [0.25, 0.3) is 0 Å². The fourth-order valence-electron chi connectivity index (χ4n) is 2.95. The molecular weight excluding hydrogens is 346 g/mol. The highest BCUT2D eigenvalue weighted by Gasteiger charge is 2.25. The lowest BCUT2D eigenvalue weighted by molar-refractivity contribution is -0.144. The molecule has 1 aliphatic heterocycles. The number of piperazine rings is 1. The average Bonchev–Trinajstić information content (AvgIpc) is 3.21. The molecule has 1 fully saturated rings. The van der Waals surface area contributed by atoms with Crippen LogP contribution in [0.1, 0.15) is 6.92 Å². The van der Waals surface area contributed by atoms with Gasteiger partial charge in [0.1, 0.15) is 12.4 Å². The number of carbonyl (C=O) groups is 2. The quantitative estimate of drug-likeness (QED) is 0.769. The molecule has 2 heterocycles. The van der Waals surface area contributed by atoms with Gasteiger partial charge in [0.05, 0.1) is 6.54 Å². The number of carbonyl (C=O) groups excluding carboxylic acids is 2. The molecule has 0 atom stereocenters. The number of benzene rings is 1. The first-order chi connectivity index (χ1) is 13.2. The van der Waals surface area contributed by atoms with Crippen molar-refractivity contribution in [1.29, 1.82) is 0 Å². The summed E-state index contributed by atoms with van der Waals surface area (Å²) in [6, 6.07) is 8.90. The normalized spacial score (nSPS) is 14.8. The largest absolute Gasteiger partial charge is 0.492 e. The van der Waals surface area contributed by atoms with E-state index in [2.05, 4.69) is 22.2 Å². The molecular formula is C19H25N5O3. The Balaban J connectivity index is 1.49. The van der Waals surface area contributed by atoms with E-state index in [-0.39, 0.29) is 0 Å². The molecule has 0 aliphatic carbocycles. The van der Waals surface area contributed by atoms with Crippen molar-refractivity contribution in [3.05, 3.63) is 42.7 Å². The molecule has 1 N–H and O–H groups in total. The Hall–Kier alpha value is -2.87. The summed E-state index contributed by atoms with van der Waals surface area (Å²) in [5.74, 6) is -0.478. The van der Waals surface area contributed by atoms with E-state index in [9.17, 15) is 9.59 Å². The second kappa shape index (κ2) is 9.18. The van der Waals surface area contributed by atoms with Gasteiger partial charge in [-0.05, 0) is 24.7 Å². The van der Waals surface area contributed by atoms with Crippen LogP contribution < -0.4 is 10.1 Å². The minimum absolute atomic E-state index is 0.458. The van der Waals surface area contributed by atoms with Gasteiger partial charge >= 0.3 is 11.8 Å². The van der Waals surface area contributed by atoms with Gasteiger partial charge in [-0.1, -0.05) is 13.0 Å². The highest BCUT2D eigenvalue weighted by Crippen LogP contribution is 2.17. The number of amides is 2. The minimum Gasteiger partial charge on any atom is -0.492 e. The summed E-state index contributed by atoms with van der Waals surface area (Å²) < 4.78 is 7.47. The number of anilines is 1. The Kier molecular flexibility index (Phi) is 6.43. The molecule has 2 aromatic rings. The molecule has 0 bridgehead atoms. The van der Waals surface area contributed by atoms with Gasteiger partial charge in [0.15, 0.2) is 0 Å². The SMILES string of the molecule is CCN1CCN(C(=O)C(=O)Nc2cccc(OCCn3cccn3)c2)CC1. The molecule has 8 nitrogen and oxygen atoms in total. The average molecular weight is 371 g/mol. The number of ether oxygens (including phenoxy) is 1. The maximum absolute atomic E-state index is 12.3. The molecule has 8 heteroatoms. The van der Waals surface area contributed by atoms with E-state index >= 15 is 0 Å². The smallest absolute Gasteiger partial charge is 0.313 e. The molecule has 27 heavy (non-hydrogen) atoms. The number of hydrogen-bond donors (Lipinski definition) is 1. The van der Waals surface area contributed by atoms with Crippen molar-refractivity contribution in [3.8, 4) is 5.75 Å². The van der Waals surface area contributed by atoms with Crippen molar-refractivity contribution in [2.45, 2.75) is 13.5 Å². The number of nitrogens with zero attached hydrogens (tertiary/aromatic N) is 4. The summed E-state index contributed by atoms with van der Waals surface area (Å²) in [6.45, 7) is 6.90. The van der Waals surface area contributed by atoms with Crippen molar-refractivity contribution in [2.75, 3.05) is 44.6 Å². The van der Waals surface area contributed by atoms with Crippen LogP contribution in [0.4, 0.5) is 5.69 Å². The zero-order valence-corrected chi connectivity index (χ0v) is 15.5. The van der Waals surface area contributed by atoms with E-state index < -0.39 is 11.8 Å².